The van der Waals surface area contributed by atoms with E-state index in [4.69, 9.17) is 9.39 Å². The normalized spacial score (nSPS) is 26.1. The molecule has 2 aliphatic rings. The molecular weight excluding hydrogens is 294 g/mol. The highest BCUT2D eigenvalue weighted by Gasteiger charge is 2.49. The molecule has 0 aromatic heterocycles. The van der Waals surface area contributed by atoms with E-state index < -0.39 is 34.4 Å². The Morgan fingerprint density at radius 3 is 2.65 bits per heavy atom. The minimum atomic E-state index is -4.78. The van der Waals surface area contributed by atoms with Gasteiger partial charge < -0.3 is 4.90 Å². The number of carbonyl (C=O) groups is 2. The quantitative estimate of drug-likeness (QED) is 0.523. The second-order valence-corrected chi connectivity index (χ2v) is 5.53. The van der Waals surface area contributed by atoms with Crippen molar-refractivity contribution >= 4 is 22.3 Å². The summed E-state index contributed by atoms with van der Waals surface area (Å²) in [5.74, 6) is -0.409. The monoisotopic (exact) mass is 309 g/mol. The van der Waals surface area contributed by atoms with E-state index in [0.717, 1.165) is 5.06 Å². The lowest BCUT2D eigenvalue weighted by Crippen LogP contribution is -2.50. The molecule has 2 aliphatic heterocycles. The molecule has 2 fully saturated rings. The molecule has 0 radical (unpaired) electrons. The van der Waals surface area contributed by atoms with Gasteiger partial charge in [0.05, 0.1) is 13.2 Å². The van der Waals surface area contributed by atoms with Gasteiger partial charge in [-0.05, 0) is 12.8 Å². The smallest absolute Gasteiger partial charge is 0.309 e. The van der Waals surface area contributed by atoms with Gasteiger partial charge in [-0.15, -0.1) is 4.28 Å². The Labute approximate surface area is 115 Å². The van der Waals surface area contributed by atoms with Crippen LogP contribution in [0.25, 0.3) is 0 Å². The molecule has 2 bridgehead atoms. The summed E-state index contributed by atoms with van der Waals surface area (Å²) < 4.78 is 34.3. The number of likely N-dealkylation sites (N-methyl/N-ethyl adjacent to an activating group) is 1. The third-order valence-electron chi connectivity index (χ3n) is 3.37. The van der Waals surface area contributed by atoms with Crippen molar-refractivity contribution in [2.75, 3.05) is 20.7 Å². The van der Waals surface area contributed by atoms with Crippen LogP contribution >= 0.6 is 0 Å². The van der Waals surface area contributed by atoms with Crippen molar-refractivity contribution in [3.8, 4) is 0 Å². The number of fused-ring (bicyclic) bond motifs is 2. The Hall–Kier alpha value is -1.43. The van der Waals surface area contributed by atoms with Gasteiger partial charge in [-0.1, -0.05) is 0 Å². The van der Waals surface area contributed by atoms with Gasteiger partial charge in [0.15, 0.2) is 0 Å². The van der Waals surface area contributed by atoms with Crippen LogP contribution in [0, 0.1) is 0 Å². The fourth-order valence-corrected chi connectivity index (χ4v) is 2.78. The zero-order valence-corrected chi connectivity index (χ0v) is 11.7. The molecule has 10 nitrogen and oxygen atoms in total. The fraction of sp³-hybridized carbons (Fsp3) is 0.778. The largest absolute Gasteiger partial charge is 0.418 e. The van der Waals surface area contributed by atoms with Crippen molar-refractivity contribution in [2.45, 2.75) is 24.9 Å². The fourth-order valence-electron chi connectivity index (χ4n) is 2.39. The topological polar surface area (TPSA) is 117 Å². The molecule has 114 valence electrons. The van der Waals surface area contributed by atoms with Crippen molar-refractivity contribution in [1.29, 1.82) is 0 Å². The van der Waals surface area contributed by atoms with E-state index in [1.807, 2.05) is 0 Å². The Morgan fingerprint density at radius 1 is 1.45 bits per heavy atom. The Morgan fingerprint density at radius 2 is 2.10 bits per heavy atom. The molecule has 20 heavy (non-hydrogen) atoms. The van der Waals surface area contributed by atoms with E-state index in [1.54, 1.807) is 0 Å². The summed E-state index contributed by atoms with van der Waals surface area (Å²) in [6.07, 6.45) is 0.736. The van der Waals surface area contributed by atoms with Crippen molar-refractivity contribution < 1.29 is 31.7 Å². The summed E-state index contributed by atoms with van der Waals surface area (Å²) in [6, 6.07) is -2.02. The van der Waals surface area contributed by atoms with Crippen molar-refractivity contribution in [3.63, 3.8) is 0 Å². The average molecular weight is 309 g/mol. The molecular formula is C9H15N3O7S. The lowest BCUT2D eigenvalue weighted by molar-refractivity contribution is -0.174. The number of hydroxylamine groups is 4. The molecule has 1 N–H and O–H groups in total. The summed E-state index contributed by atoms with van der Waals surface area (Å²) in [7, 11) is -2.04. The number of piperidine rings is 1. The van der Waals surface area contributed by atoms with E-state index in [-0.39, 0.29) is 6.54 Å². The molecule has 0 aliphatic carbocycles. The summed E-state index contributed by atoms with van der Waals surface area (Å²) >= 11 is 0. The van der Waals surface area contributed by atoms with Crippen LogP contribution in [0.4, 0.5) is 4.79 Å². The van der Waals surface area contributed by atoms with Gasteiger partial charge in [0.1, 0.15) is 6.04 Å². The maximum Gasteiger partial charge on any atom is 0.418 e. The standard InChI is InChI=1S/C9H15N3O7S/c1-10(18-2)8(13)7-4-3-6-5-11(7)9(14)12(6)19-20(15,16)17/h6-7H,3-5H2,1-2H3,(H,15,16,17)/t6-,7+/m1/s1. The number of amides is 3. The molecule has 11 heteroatoms. The summed E-state index contributed by atoms with van der Waals surface area (Å²) in [4.78, 5) is 30.0. The minimum Gasteiger partial charge on any atom is -0.309 e. The first-order chi connectivity index (χ1) is 9.24. The number of carbonyl (C=O) groups excluding carboxylic acids is 2. The van der Waals surface area contributed by atoms with Crippen LogP contribution in [0.2, 0.25) is 0 Å². The number of hydrogen-bond acceptors (Lipinski definition) is 6. The highest BCUT2D eigenvalue weighted by molar-refractivity contribution is 7.80. The third kappa shape index (κ3) is 2.70. The van der Waals surface area contributed by atoms with Crippen LogP contribution in [0.15, 0.2) is 0 Å². The van der Waals surface area contributed by atoms with Crippen LogP contribution < -0.4 is 0 Å². The van der Waals surface area contributed by atoms with E-state index in [2.05, 4.69) is 4.28 Å². The molecule has 0 unspecified atom stereocenters. The zero-order valence-electron chi connectivity index (χ0n) is 10.9. The van der Waals surface area contributed by atoms with Gasteiger partial charge in [0.25, 0.3) is 5.91 Å². The van der Waals surface area contributed by atoms with Crippen LogP contribution in [-0.4, -0.2) is 72.7 Å². The van der Waals surface area contributed by atoms with Crippen LogP contribution in [0.1, 0.15) is 12.8 Å². The number of urea groups is 1. The molecule has 2 saturated heterocycles. The molecule has 2 heterocycles. The molecule has 0 aromatic rings. The van der Waals surface area contributed by atoms with Crippen molar-refractivity contribution in [3.05, 3.63) is 0 Å². The van der Waals surface area contributed by atoms with Gasteiger partial charge >= 0.3 is 16.4 Å². The summed E-state index contributed by atoms with van der Waals surface area (Å²) in [5.41, 5.74) is 0. The maximum absolute atomic E-state index is 12.0. The average Bonchev–Trinajstić information content (AvgIpc) is 2.61. The zero-order chi connectivity index (χ0) is 15.1. The number of hydrogen-bond donors (Lipinski definition) is 1. The SMILES string of the molecule is CON(C)C(=O)[C@@H]1CC[C@@H]2CN1C(=O)N2OS(=O)(=O)O. The maximum atomic E-state index is 12.0. The first kappa shape index (κ1) is 15.0. The summed E-state index contributed by atoms with van der Waals surface area (Å²) in [5, 5.41) is 1.60. The summed E-state index contributed by atoms with van der Waals surface area (Å²) in [6.45, 7) is 0.155. The van der Waals surface area contributed by atoms with Gasteiger partial charge in [0.2, 0.25) is 0 Å². The molecule has 0 saturated carbocycles. The van der Waals surface area contributed by atoms with Gasteiger partial charge in [0, 0.05) is 13.6 Å². The van der Waals surface area contributed by atoms with Crippen LogP contribution in [0.3, 0.4) is 0 Å². The lowest BCUT2D eigenvalue weighted by Gasteiger charge is -2.31. The van der Waals surface area contributed by atoms with Gasteiger partial charge in [-0.25, -0.2) is 9.86 Å². The predicted molar refractivity (Wildman–Crippen MR) is 63.2 cm³/mol. The first-order valence-electron chi connectivity index (χ1n) is 5.83. The van der Waals surface area contributed by atoms with Gasteiger partial charge in [-0.2, -0.15) is 13.5 Å². The number of rotatable bonds is 4. The van der Waals surface area contributed by atoms with Crippen LogP contribution in [-0.2, 0) is 24.3 Å². The second-order valence-electron chi connectivity index (χ2n) is 4.53. The first-order valence-corrected chi connectivity index (χ1v) is 7.19. The van der Waals surface area contributed by atoms with Crippen LogP contribution in [0.5, 0.6) is 0 Å². The van der Waals surface area contributed by atoms with E-state index in [1.165, 1.54) is 19.1 Å². The molecule has 0 aromatic carbocycles. The van der Waals surface area contributed by atoms with E-state index in [9.17, 15) is 18.0 Å². The minimum absolute atomic E-state index is 0.155. The third-order valence-corrected chi connectivity index (χ3v) is 3.72. The Kier molecular flexibility index (Phi) is 3.86. The second kappa shape index (κ2) is 5.16. The molecule has 3 amide bonds. The molecule has 2 atom stereocenters. The predicted octanol–water partition coefficient (Wildman–Crippen LogP) is -0.991. The van der Waals surface area contributed by atoms with Crippen molar-refractivity contribution in [1.82, 2.24) is 15.0 Å². The highest BCUT2D eigenvalue weighted by atomic mass is 32.3. The lowest BCUT2D eigenvalue weighted by atomic mass is 10.0. The number of nitrogens with zero attached hydrogens (tertiary/aromatic N) is 3. The Bertz CT molecular complexity index is 522. The highest BCUT2D eigenvalue weighted by Crippen LogP contribution is 2.31. The molecule has 2 rings (SSSR count). The van der Waals surface area contributed by atoms with Crippen molar-refractivity contribution in [2.24, 2.45) is 0 Å². The molecule has 0 spiro atoms. The van der Waals surface area contributed by atoms with Gasteiger partial charge in [-0.3, -0.25) is 14.2 Å². The Balaban J connectivity index is 2.16. The van der Waals surface area contributed by atoms with E-state index >= 15 is 0 Å². The van der Waals surface area contributed by atoms with E-state index in [0.29, 0.717) is 17.9 Å².